The third-order valence-electron chi connectivity index (χ3n) is 2.43. The van der Waals surface area contributed by atoms with E-state index in [-0.39, 0.29) is 0 Å². The molecule has 0 bridgehead atoms. The second kappa shape index (κ2) is 4.96. The number of H-pyrrole nitrogens is 1. The zero-order valence-electron chi connectivity index (χ0n) is 10.3. The van der Waals surface area contributed by atoms with Crippen molar-refractivity contribution in [3.8, 4) is 0 Å². The van der Waals surface area contributed by atoms with Gasteiger partial charge in [0.1, 0.15) is 0 Å². The molecule has 0 spiro atoms. The lowest BCUT2D eigenvalue weighted by Crippen LogP contribution is -1.91. The van der Waals surface area contributed by atoms with Gasteiger partial charge in [-0.3, -0.25) is 0 Å². The predicted octanol–water partition coefficient (Wildman–Crippen LogP) is 4.02. The lowest BCUT2D eigenvalue weighted by atomic mass is 9.97. The van der Waals surface area contributed by atoms with Crippen LogP contribution in [0.15, 0.2) is 18.5 Å². The van der Waals surface area contributed by atoms with Crippen LogP contribution >= 0.6 is 0 Å². The van der Waals surface area contributed by atoms with E-state index in [0.29, 0.717) is 5.92 Å². The van der Waals surface area contributed by atoms with Crippen LogP contribution in [-0.2, 0) is 0 Å². The fourth-order valence-electron chi connectivity index (χ4n) is 1.73. The molecule has 0 fully saturated rings. The fraction of sp³-hybridized carbons (Fsp3) is 0.462. The van der Waals surface area contributed by atoms with E-state index >= 15 is 0 Å². The second-order valence-electron chi connectivity index (χ2n) is 3.78. The Balaban J connectivity index is 0.000000531. The Hall–Kier alpha value is -1.31. The van der Waals surface area contributed by atoms with Crippen LogP contribution in [-0.4, -0.2) is 9.97 Å². The Bertz CT molecular complexity index is 427. The molecule has 0 saturated carbocycles. The summed E-state index contributed by atoms with van der Waals surface area (Å²) in [4.78, 5) is 7.36. The van der Waals surface area contributed by atoms with Gasteiger partial charge in [0.2, 0.25) is 0 Å². The number of hydrogen-bond acceptors (Lipinski definition) is 1. The van der Waals surface area contributed by atoms with Crippen molar-refractivity contribution in [1.82, 2.24) is 9.97 Å². The van der Waals surface area contributed by atoms with Crippen LogP contribution in [0.25, 0.3) is 11.0 Å². The molecule has 82 valence electrons. The van der Waals surface area contributed by atoms with Gasteiger partial charge in [-0.25, -0.2) is 4.98 Å². The molecular formula is C13H20N2. The lowest BCUT2D eigenvalue weighted by Gasteiger charge is -2.08. The predicted molar refractivity (Wildman–Crippen MR) is 66.3 cm³/mol. The minimum Gasteiger partial charge on any atom is -0.345 e. The maximum absolute atomic E-state index is 4.25. The van der Waals surface area contributed by atoms with Crippen LogP contribution in [0, 0.1) is 6.92 Å². The Morgan fingerprint density at radius 1 is 1.20 bits per heavy atom. The van der Waals surface area contributed by atoms with E-state index < -0.39 is 0 Å². The fourth-order valence-corrected chi connectivity index (χ4v) is 1.73. The Labute approximate surface area is 91.7 Å². The average Bonchev–Trinajstić information content (AvgIpc) is 2.66. The standard InChI is InChI=1S/C11H14N2.C2H6/c1-7(2)9-5-11-10(4-8(9)3)12-6-13-11;1-2/h4-7H,1-3H3,(H,12,13);1-2H3. The monoisotopic (exact) mass is 204 g/mol. The number of rotatable bonds is 1. The first-order chi connectivity index (χ1) is 7.18. The minimum atomic E-state index is 0.570. The van der Waals surface area contributed by atoms with E-state index in [0.717, 1.165) is 11.0 Å². The number of nitrogens with one attached hydrogen (secondary N) is 1. The largest absolute Gasteiger partial charge is 0.345 e. The van der Waals surface area contributed by atoms with Crippen LogP contribution in [0.2, 0.25) is 0 Å². The molecule has 2 aromatic rings. The highest BCUT2D eigenvalue weighted by molar-refractivity contribution is 5.76. The van der Waals surface area contributed by atoms with Gasteiger partial charge in [-0.2, -0.15) is 0 Å². The third kappa shape index (κ3) is 2.38. The van der Waals surface area contributed by atoms with Gasteiger partial charge in [-0.1, -0.05) is 27.7 Å². The third-order valence-corrected chi connectivity index (χ3v) is 2.43. The molecule has 0 amide bonds. The summed E-state index contributed by atoms with van der Waals surface area (Å²) in [6.07, 6.45) is 1.74. The average molecular weight is 204 g/mol. The van der Waals surface area contributed by atoms with E-state index in [2.05, 4.69) is 42.9 Å². The van der Waals surface area contributed by atoms with E-state index in [9.17, 15) is 0 Å². The summed E-state index contributed by atoms with van der Waals surface area (Å²) in [5, 5.41) is 0. The number of benzene rings is 1. The molecule has 1 heterocycles. The van der Waals surface area contributed by atoms with E-state index in [1.807, 2.05) is 13.8 Å². The summed E-state index contributed by atoms with van der Waals surface area (Å²) in [5.41, 5.74) is 4.92. The number of hydrogen-bond donors (Lipinski definition) is 1. The van der Waals surface area contributed by atoms with Crippen molar-refractivity contribution >= 4 is 11.0 Å². The van der Waals surface area contributed by atoms with Crippen molar-refractivity contribution < 1.29 is 0 Å². The van der Waals surface area contributed by atoms with Crippen LogP contribution in [0.1, 0.15) is 44.7 Å². The molecule has 15 heavy (non-hydrogen) atoms. The molecule has 0 aliphatic rings. The van der Waals surface area contributed by atoms with Gasteiger partial charge in [0.15, 0.2) is 0 Å². The first-order valence-electron chi connectivity index (χ1n) is 5.62. The van der Waals surface area contributed by atoms with Gasteiger partial charge >= 0.3 is 0 Å². The van der Waals surface area contributed by atoms with Crippen LogP contribution < -0.4 is 0 Å². The summed E-state index contributed by atoms with van der Waals surface area (Å²) in [6, 6.07) is 4.34. The lowest BCUT2D eigenvalue weighted by molar-refractivity contribution is 0.858. The van der Waals surface area contributed by atoms with Crippen LogP contribution in [0.5, 0.6) is 0 Å². The first-order valence-corrected chi connectivity index (χ1v) is 5.62. The van der Waals surface area contributed by atoms with Crippen LogP contribution in [0.4, 0.5) is 0 Å². The molecule has 2 nitrogen and oxygen atoms in total. The summed E-state index contributed by atoms with van der Waals surface area (Å²) in [6.45, 7) is 10.6. The molecule has 0 saturated heterocycles. The second-order valence-corrected chi connectivity index (χ2v) is 3.78. The summed E-state index contributed by atoms with van der Waals surface area (Å²) in [7, 11) is 0. The van der Waals surface area contributed by atoms with Crippen molar-refractivity contribution in [3.63, 3.8) is 0 Å². The minimum absolute atomic E-state index is 0.570. The van der Waals surface area contributed by atoms with Crippen LogP contribution in [0.3, 0.4) is 0 Å². The Morgan fingerprint density at radius 2 is 1.87 bits per heavy atom. The highest BCUT2D eigenvalue weighted by Crippen LogP contribution is 2.23. The zero-order chi connectivity index (χ0) is 11.4. The smallest absolute Gasteiger partial charge is 0.0931 e. The number of imidazole rings is 1. The Kier molecular flexibility index (Phi) is 3.89. The zero-order valence-corrected chi connectivity index (χ0v) is 10.3. The van der Waals surface area contributed by atoms with Crippen molar-refractivity contribution in [2.24, 2.45) is 0 Å². The number of fused-ring (bicyclic) bond motifs is 1. The normalized spacial score (nSPS) is 10.3. The SMILES string of the molecule is CC.Cc1cc2[nH]cnc2cc1C(C)C. The molecule has 1 aromatic heterocycles. The molecule has 2 rings (SSSR count). The number of aromatic amines is 1. The van der Waals surface area contributed by atoms with E-state index in [4.69, 9.17) is 0 Å². The van der Waals surface area contributed by atoms with Crippen molar-refractivity contribution in [3.05, 3.63) is 29.6 Å². The van der Waals surface area contributed by atoms with E-state index in [1.54, 1.807) is 6.33 Å². The maximum Gasteiger partial charge on any atom is 0.0931 e. The van der Waals surface area contributed by atoms with Crippen molar-refractivity contribution in [2.45, 2.75) is 40.5 Å². The Morgan fingerprint density at radius 3 is 2.47 bits per heavy atom. The summed E-state index contributed by atoms with van der Waals surface area (Å²) >= 11 is 0. The molecule has 0 atom stereocenters. The number of nitrogens with zero attached hydrogens (tertiary/aromatic N) is 1. The number of aryl methyl sites for hydroxylation is 1. The number of aromatic nitrogens is 2. The van der Waals surface area contributed by atoms with Gasteiger partial charge in [-0.15, -0.1) is 0 Å². The quantitative estimate of drug-likeness (QED) is 0.746. The highest BCUT2D eigenvalue weighted by Gasteiger charge is 2.05. The molecular weight excluding hydrogens is 184 g/mol. The summed E-state index contributed by atoms with van der Waals surface area (Å²) in [5.74, 6) is 0.570. The molecule has 0 unspecified atom stereocenters. The molecule has 0 radical (unpaired) electrons. The van der Waals surface area contributed by atoms with E-state index in [1.165, 1.54) is 11.1 Å². The molecule has 1 N–H and O–H groups in total. The van der Waals surface area contributed by atoms with Crippen molar-refractivity contribution in [2.75, 3.05) is 0 Å². The van der Waals surface area contributed by atoms with Gasteiger partial charge in [0.25, 0.3) is 0 Å². The maximum atomic E-state index is 4.25. The van der Waals surface area contributed by atoms with Gasteiger partial charge < -0.3 is 4.98 Å². The van der Waals surface area contributed by atoms with Gasteiger partial charge in [0.05, 0.1) is 17.4 Å². The van der Waals surface area contributed by atoms with Crippen molar-refractivity contribution in [1.29, 1.82) is 0 Å². The topological polar surface area (TPSA) is 28.7 Å². The first kappa shape index (κ1) is 11.8. The highest BCUT2D eigenvalue weighted by atomic mass is 14.9. The molecule has 0 aliphatic heterocycles. The molecule has 1 aromatic carbocycles. The summed E-state index contributed by atoms with van der Waals surface area (Å²) < 4.78 is 0. The van der Waals surface area contributed by atoms with Gasteiger partial charge in [-0.05, 0) is 36.1 Å². The molecule has 0 aliphatic carbocycles. The molecule has 2 heteroatoms. The van der Waals surface area contributed by atoms with Gasteiger partial charge in [0, 0.05) is 0 Å².